The predicted octanol–water partition coefficient (Wildman–Crippen LogP) is 3.48. The minimum absolute atomic E-state index is 0.0326. The maximum atomic E-state index is 13.1. The van der Waals surface area contributed by atoms with Crippen LogP contribution < -0.4 is 10.6 Å². The lowest BCUT2D eigenvalue weighted by atomic mass is 9.96. The van der Waals surface area contributed by atoms with Crippen molar-refractivity contribution in [2.45, 2.75) is 25.0 Å². The molecule has 2 N–H and O–H groups in total. The molecule has 156 valence electrons. The molecule has 5 rings (SSSR count). The summed E-state index contributed by atoms with van der Waals surface area (Å²) in [6, 6.07) is 22.1. The molecule has 0 aliphatic carbocycles. The molecule has 6 nitrogen and oxygen atoms in total. The highest BCUT2D eigenvalue weighted by Crippen LogP contribution is 2.30. The van der Waals surface area contributed by atoms with Crippen molar-refractivity contribution >= 4 is 17.4 Å². The average molecular weight is 412 g/mol. The Morgan fingerprint density at radius 3 is 2.65 bits per heavy atom. The van der Waals surface area contributed by atoms with Crippen molar-refractivity contribution in [3.05, 3.63) is 95.8 Å². The Morgan fingerprint density at radius 1 is 1.03 bits per heavy atom. The van der Waals surface area contributed by atoms with E-state index in [4.69, 9.17) is 4.99 Å². The first kappa shape index (κ1) is 19.5. The minimum Gasteiger partial charge on any atom is -0.342 e. The van der Waals surface area contributed by atoms with Crippen LogP contribution in [0.15, 0.2) is 84.1 Å². The number of amides is 1. The number of nitrogens with zero attached hydrogens (tertiary/aromatic N) is 3. The lowest BCUT2D eigenvalue weighted by Gasteiger charge is -2.30. The van der Waals surface area contributed by atoms with E-state index in [0.717, 1.165) is 30.1 Å². The van der Waals surface area contributed by atoms with Crippen LogP contribution in [0.5, 0.6) is 0 Å². The molecule has 1 unspecified atom stereocenters. The van der Waals surface area contributed by atoms with Gasteiger partial charge < -0.3 is 10.2 Å². The second-order valence-corrected chi connectivity index (χ2v) is 8.08. The van der Waals surface area contributed by atoms with Crippen LogP contribution in [0.25, 0.3) is 0 Å². The summed E-state index contributed by atoms with van der Waals surface area (Å²) in [5, 5.41) is 7.34. The maximum Gasteiger partial charge on any atom is 0.254 e. The number of benzene rings is 2. The van der Waals surface area contributed by atoms with Gasteiger partial charge in [-0.1, -0.05) is 48.5 Å². The SMILES string of the molecule is O=C(c1ccncc1)N1CCC2(C1)NCc1ccccc1NC2=NCc1ccccc1. The number of aliphatic imine (C=N–C) groups is 1. The van der Waals surface area contributed by atoms with Gasteiger partial charge in [0.15, 0.2) is 0 Å². The summed E-state index contributed by atoms with van der Waals surface area (Å²) in [4.78, 5) is 24.0. The molecule has 31 heavy (non-hydrogen) atoms. The number of likely N-dealkylation sites (tertiary alicyclic amines) is 1. The molecule has 1 aromatic heterocycles. The van der Waals surface area contributed by atoms with Gasteiger partial charge in [0.25, 0.3) is 5.91 Å². The van der Waals surface area contributed by atoms with Crippen LogP contribution in [0.2, 0.25) is 0 Å². The quantitative estimate of drug-likeness (QED) is 0.692. The van der Waals surface area contributed by atoms with Crippen LogP contribution in [-0.4, -0.2) is 40.3 Å². The molecule has 0 bridgehead atoms. The normalized spacial score (nSPS) is 21.5. The molecule has 2 aromatic carbocycles. The molecule has 1 fully saturated rings. The van der Waals surface area contributed by atoms with Gasteiger partial charge in [0.1, 0.15) is 5.84 Å². The highest BCUT2D eigenvalue weighted by Gasteiger charge is 2.45. The number of para-hydroxylation sites is 1. The Hall–Kier alpha value is -3.51. The van der Waals surface area contributed by atoms with E-state index in [0.29, 0.717) is 25.2 Å². The van der Waals surface area contributed by atoms with Crippen molar-refractivity contribution in [2.24, 2.45) is 4.99 Å². The predicted molar refractivity (Wildman–Crippen MR) is 122 cm³/mol. The van der Waals surface area contributed by atoms with Gasteiger partial charge in [0.2, 0.25) is 0 Å². The van der Waals surface area contributed by atoms with Gasteiger partial charge in [-0.15, -0.1) is 0 Å². The van der Waals surface area contributed by atoms with E-state index in [2.05, 4.69) is 45.9 Å². The summed E-state index contributed by atoms with van der Waals surface area (Å²) in [7, 11) is 0. The first-order chi connectivity index (χ1) is 15.2. The first-order valence-electron chi connectivity index (χ1n) is 10.6. The van der Waals surface area contributed by atoms with Crippen LogP contribution in [0.1, 0.15) is 27.9 Å². The second kappa shape index (κ2) is 8.32. The smallest absolute Gasteiger partial charge is 0.254 e. The number of pyridine rings is 1. The Labute approximate surface area is 182 Å². The highest BCUT2D eigenvalue weighted by molar-refractivity contribution is 6.05. The van der Waals surface area contributed by atoms with Crippen molar-refractivity contribution in [1.29, 1.82) is 0 Å². The molecule has 2 aliphatic heterocycles. The van der Waals surface area contributed by atoms with Gasteiger partial charge in [0.05, 0.1) is 12.1 Å². The van der Waals surface area contributed by atoms with Crippen LogP contribution in [-0.2, 0) is 13.1 Å². The molecule has 1 spiro atoms. The van der Waals surface area contributed by atoms with E-state index in [1.165, 1.54) is 5.56 Å². The van der Waals surface area contributed by atoms with E-state index in [1.807, 2.05) is 29.2 Å². The molecule has 0 radical (unpaired) electrons. The molecule has 3 heterocycles. The number of carbonyl (C=O) groups is 1. The topological polar surface area (TPSA) is 69.6 Å². The number of hydrogen-bond acceptors (Lipinski definition) is 4. The summed E-state index contributed by atoms with van der Waals surface area (Å²) in [5.41, 5.74) is 3.69. The molecular formula is C25H25N5O. The van der Waals surface area contributed by atoms with E-state index in [9.17, 15) is 4.79 Å². The minimum atomic E-state index is -0.406. The van der Waals surface area contributed by atoms with Gasteiger partial charge in [-0.2, -0.15) is 0 Å². The summed E-state index contributed by atoms with van der Waals surface area (Å²) in [6.07, 6.45) is 4.13. The fraction of sp³-hybridized carbons (Fsp3) is 0.240. The summed E-state index contributed by atoms with van der Waals surface area (Å²) < 4.78 is 0. The standard InChI is InChI=1S/C25H25N5O/c31-23(20-10-13-26-14-11-20)30-15-12-25(18-30)24(27-16-19-6-2-1-3-7-19)29-22-9-5-4-8-21(22)17-28-25/h1-11,13-14,28H,12,15-18H2,(H,27,29). The van der Waals surface area contributed by atoms with E-state index < -0.39 is 5.54 Å². The molecule has 1 amide bonds. The lowest BCUT2D eigenvalue weighted by Crippen LogP contribution is -2.55. The van der Waals surface area contributed by atoms with Crippen LogP contribution in [0, 0.1) is 0 Å². The van der Waals surface area contributed by atoms with Gasteiger partial charge in [-0.3, -0.25) is 20.1 Å². The number of rotatable bonds is 3. The zero-order chi connectivity index (χ0) is 21.1. The Bertz CT molecular complexity index is 1100. The second-order valence-electron chi connectivity index (χ2n) is 8.08. The number of aromatic nitrogens is 1. The van der Waals surface area contributed by atoms with Gasteiger partial charge in [-0.05, 0) is 35.7 Å². The fourth-order valence-corrected chi connectivity index (χ4v) is 4.33. The van der Waals surface area contributed by atoms with Crippen molar-refractivity contribution in [3.8, 4) is 0 Å². The van der Waals surface area contributed by atoms with Gasteiger partial charge >= 0.3 is 0 Å². The van der Waals surface area contributed by atoms with Crippen LogP contribution in [0.3, 0.4) is 0 Å². The molecule has 6 heteroatoms. The number of anilines is 1. The first-order valence-corrected chi connectivity index (χ1v) is 10.6. The summed E-state index contributed by atoms with van der Waals surface area (Å²) in [6.45, 7) is 2.57. The Morgan fingerprint density at radius 2 is 1.81 bits per heavy atom. The summed E-state index contributed by atoms with van der Waals surface area (Å²) in [5.74, 6) is 0.927. The number of amidine groups is 1. The number of carbonyl (C=O) groups excluding carboxylic acids is 1. The van der Waals surface area contributed by atoms with E-state index in [1.54, 1.807) is 24.5 Å². The lowest BCUT2D eigenvalue weighted by molar-refractivity contribution is 0.0785. The monoisotopic (exact) mass is 411 g/mol. The van der Waals surface area contributed by atoms with E-state index in [-0.39, 0.29) is 5.91 Å². The number of fused-ring (bicyclic) bond motifs is 1. The molecule has 2 aliphatic rings. The number of nitrogens with one attached hydrogen (secondary N) is 2. The molecule has 0 saturated carbocycles. The number of hydrogen-bond donors (Lipinski definition) is 2. The molecular weight excluding hydrogens is 386 g/mol. The summed E-state index contributed by atoms with van der Waals surface area (Å²) >= 11 is 0. The Kier molecular flexibility index (Phi) is 5.22. The zero-order valence-electron chi connectivity index (χ0n) is 17.3. The zero-order valence-corrected chi connectivity index (χ0v) is 17.3. The van der Waals surface area contributed by atoms with Crippen molar-refractivity contribution in [2.75, 3.05) is 18.4 Å². The van der Waals surface area contributed by atoms with Gasteiger partial charge in [0, 0.05) is 43.3 Å². The third-order valence-electron chi connectivity index (χ3n) is 6.09. The van der Waals surface area contributed by atoms with Crippen molar-refractivity contribution in [3.63, 3.8) is 0 Å². The average Bonchev–Trinajstić information content (AvgIpc) is 3.20. The third-order valence-corrected chi connectivity index (χ3v) is 6.09. The largest absolute Gasteiger partial charge is 0.342 e. The van der Waals surface area contributed by atoms with Gasteiger partial charge in [-0.25, -0.2) is 0 Å². The van der Waals surface area contributed by atoms with Crippen molar-refractivity contribution < 1.29 is 4.79 Å². The van der Waals surface area contributed by atoms with Crippen molar-refractivity contribution in [1.82, 2.24) is 15.2 Å². The molecule has 1 atom stereocenters. The van der Waals surface area contributed by atoms with E-state index >= 15 is 0 Å². The van der Waals surface area contributed by atoms with Crippen LogP contribution in [0.4, 0.5) is 5.69 Å². The third kappa shape index (κ3) is 3.94. The molecule has 3 aromatic rings. The van der Waals surface area contributed by atoms with Crippen LogP contribution >= 0.6 is 0 Å². The Balaban J connectivity index is 1.45. The molecule has 1 saturated heterocycles. The fourth-order valence-electron chi connectivity index (χ4n) is 4.33. The maximum absolute atomic E-state index is 13.1. The highest BCUT2D eigenvalue weighted by atomic mass is 16.2.